The van der Waals surface area contributed by atoms with Gasteiger partial charge in [-0.3, -0.25) is 0 Å². The van der Waals surface area contributed by atoms with Crippen LogP contribution in [-0.4, -0.2) is 31.1 Å². The molecule has 2 rings (SSSR count). The fourth-order valence-corrected chi connectivity index (χ4v) is 2.59. The van der Waals surface area contributed by atoms with E-state index in [1.165, 1.54) is 12.5 Å². The summed E-state index contributed by atoms with van der Waals surface area (Å²) in [6.07, 6.45) is 2.30. The van der Waals surface area contributed by atoms with Gasteiger partial charge in [0.2, 0.25) is 0 Å². The van der Waals surface area contributed by atoms with Gasteiger partial charge < -0.3 is 10.2 Å². The van der Waals surface area contributed by atoms with E-state index in [0.29, 0.717) is 5.92 Å². The monoisotopic (exact) mass is 254 g/mol. The number of hydrogen-bond acceptors (Lipinski definition) is 2. The molecule has 0 radical (unpaired) electrons. The highest BCUT2D eigenvalue weighted by molar-refractivity contribution is 5.45. The topological polar surface area (TPSA) is 15.3 Å². The Bertz CT molecular complexity index is 409. The van der Waals surface area contributed by atoms with Gasteiger partial charge in [0, 0.05) is 12.6 Å². The lowest BCUT2D eigenvalue weighted by Crippen LogP contribution is -2.40. The highest BCUT2D eigenvalue weighted by Crippen LogP contribution is 2.23. The predicted octanol–water partition coefficient (Wildman–Crippen LogP) is 3.11. The minimum Gasteiger partial charge on any atom is -0.380 e. The number of anilines is 1. The van der Waals surface area contributed by atoms with Gasteiger partial charge in [0.25, 0.3) is 0 Å². The van der Waals surface area contributed by atoms with Crippen LogP contribution in [0.25, 0.3) is 0 Å². The van der Waals surface area contributed by atoms with Crippen LogP contribution in [0.4, 0.5) is 14.5 Å². The molecule has 1 aliphatic heterocycles. The van der Waals surface area contributed by atoms with Crippen molar-refractivity contribution in [2.45, 2.75) is 25.8 Å². The van der Waals surface area contributed by atoms with Gasteiger partial charge in [-0.25, -0.2) is 8.78 Å². The Morgan fingerprint density at radius 1 is 1.39 bits per heavy atom. The smallest absolute Gasteiger partial charge is 0.146 e. The summed E-state index contributed by atoms with van der Waals surface area (Å²) in [5.74, 6) is -0.328. The summed E-state index contributed by atoms with van der Waals surface area (Å²) in [4.78, 5) is 2.29. The summed E-state index contributed by atoms with van der Waals surface area (Å²) >= 11 is 0. The number of halogens is 2. The van der Waals surface area contributed by atoms with Crippen molar-refractivity contribution >= 4 is 5.69 Å². The van der Waals surface area contributed by atoms with Crippen molar-refractivity contribution in [3.05, 3.63) is 29.8 Å². The van der Waals surface area contributed by atoms with Crippen LogP contribution in [0.5, 0.6) is 0 Å². The zero-order chi connectivity index (χ0) is 13.1. The maximum atomic E-state index is 13.5. The van der Waals surface area contributed by atoms with Gasteiger partial charge in [0.1, 0.15) is 11.6 Å². The largest absolute Gasteiger partial charge is 0.380 e. The number of nitrogens with one attached hydrogen (secondary N) is 1. The molecule has 100 valence electrons. The van der Waals surface area contributed by atoms with Crippen LogP contribution in [0, 0.1) is 17.6 Å². The minimum atomic E-state index is -0.410. The van der Waals surface area contributed by atoms with Gasteiger partial charge in [-0.15, -0.1) is 0 Å². The summed E-state index contributed by atoms with van der Waals surface area (Å²) in [6.45, 7) is 4.16. The molecular formula is C14H20F2N2. The molecule has 2 unspecified atom stereocenters. The van der Waals surface area contributed by atoms with Gasteiger partial charge in [-0.1, -0.05) is 0 Å². The highest BCUT2D eigenvalue weighted by Gasteiger charge is 2.23. The summed E-state index contributed by atoms with van der Waals surface area (Å²) in [5.41, 5.74) is 0.260. The van der Waals surface area contributed by atoms with E-state index >= 15 is 0 Å². The first-order valence-electron chi connectivity index (χ1n) is 6.46. The lowest BCUT2D eigenvalue weighted by molar-refractivity contribution is 0.197. The summed E-state index contributed by atoms with van der Waals surface area (Å²) in [5, 5.41) is 3.10. The average Bonchev–Trinajstić information content (AvgIpc) is 2.34. The van der Waals surface area contributed by atoms with Gasteiger partial charge in [0.15, 0.2) is 0 Å². The standard InChI is InChI=1S/C14H20F2N2/c1-10(11-4-3-7-18(2)9-11)17-14-8-12(15)5-6-13(14)16/h5-6,8,10-11,17H,3-4,7,9H2,1-2H3. The van der Waals surface area contributed by atoms with Gasteiger partial charge in [-0.2, -0.15) is 0 Å². The summed E-state index contributed by atoms with van der Waals surface area (Å²) < 4.78 is 26.6. The van der Waals surface area contributed by atoms with Crippen molar-refractivity contribution in [2.75, 3.05) is 25.5 Å². The van der Waals surface area contributed by atoms with Gasteiger partial charge >= 0.3 is 0 Å². The van der Waals surface area contributed by atoms with Crippen LogP contribution in [-0.2, 0) is 0 Å². The Morgan fingerprint density at radius 2 is 2.17 bits per heavy atom. The number of rotatable bonds is 3. The number of nitrogens with zero attached hydrogens (tertiary/aromatic N) is 1. The van der Waals surface area contributed by atoms with Crippen LogP contribution < -0.4 is 5.32 Å². The second-order valence-corrected chi connectivity index (χ2v) is 5.22. The van der Waals surface area contributed by atoms with Crippen molar-refractivity contribution in [2.24, 2.45) is 5.92 Å². The second-order valence-electron chi connectivity index (χ2n) is 5.22. The molecule has 0 saturated carbocycles. The molecule has 0 bridgehead atoms. The van der Waals surface area contributed by atoms with Crippen molar-refractivity contribution in [1.82, 2.24) is 4.90 Å². The Morgan fingerprint density at radius 3 is 2.89 bits per heavy atom. The minimum absolute atomic E-state index is 0.143. The third-order valence-corrected chi connectivity index (χ3v) is 3.68. The number of hydrogen-bond donors (Lipinski definition) is 1. The van der Waals surface area contributed by atoms with E-state index in [4.69, 9.17) is 0 Å². The van der Waals surface area contributed by atoms with Crippen molar-refractivity contribution in [3.8, 4) is 0 Å². The van der Waals surface area contributed by atoms with E-state index < -0.39 is 11.6 Å². The van der Waals surface area contributed by atoms with E-state index in [0.717, 1.165) is 31.6 Å². The summed E-state index contributed by atoms with van der Waals surface area (Å²) in [6, 6.07) is 3.67. The number of piperidine rings is 1. The molecule has 1 saturated heterocycles. The molecule has 1 N–H and O–H groups in total. The highest BCUT2D eigenvalue weighted by atomic mass is 19.1. The molecule has 1 aliphatic rings. The van der Waals surface area contributed by atoms with Gasteiger partial charge in [-0.05, 0) is 57.5 Å². The van der Waals surface area contributed by atoms with Crippen LogP contribution in [0.15, 0.2) is 18.2 Å². The van der Waals surface area contributed by atoms with E-state index in [-0.39, 0.29) is 11.7 Å². The van der Waals surface area contributed by atoms with Crippen LogP contribution in [0.1, 0.15) is 19.8 Å². The normalized spacial score (nSPS) is 22.8. The molecule has 1 heterocycles. The van der Waals surface area contributed by atoms with E-state index in [1.54, 1.807) is 0 Å². The predicted molar refractivity (Wildman–Crippen MR) is 69.7 cm³/mol. The first-order chi connectivity index (χ1) is 8.56. The summed E-state index contributed by atoms with van der Waals surface area (Å²) in [7, 11) is 2.10. The van der Waals surface area contributed by atoms with Crippen LogP contribution in [0.2, 0.25) is 0 Å². The lowest BCUT2D eigenvalue weighted by atomic mass is 9.91. The van der Waals surface area contributed by atoms with Crippen molar-refractivity contribution in [3.63, 3.8) is 0 Å². The van der Waals surface area contributed by atoms with E-state index in [9.17, 15) is 8.78 Å². The first kappa shape index (κ1) is 13.3. The maximum Gasteiger partial charge on any atom is 0.146 e. The Kier molecular flexibility index (Phi) is 4.17. The average molecular weight is 254 g/mol. The SMILES string of the molecule is CC(Nc1cc(F)ccc1F)C1CCCN(C)C1. The maximum absolute atomic E-state index is 13.5. The zero-order valence-electron chi connectivity index (χ0n) is 10.9. The molecular weight excluding hydrogens is 234 g/mol. The van der Waals surface area contributed by atoms with Crippen LogP contribution >= 0.6 is 0 Å². The molecule has 2 atom stereocenters. The fourth-order valence-electron chi connectivity index (χ4n) is 2.59. The second kappa shape index (κ2) is 5.65. The third-order valence-electron chi connectivity index (χ3n) is 3.68. The molecule has 0 amide bonds. The Hall–Kier alpha value is -1.16. The molecule has 1 aromatic rings. The molecule has 0 spiro atoms. The molecule has 18 heavy (non-hydrogen) atoms. The number of likely N-dealkylation sites (tertiary alicyclic amines) is 1. The first-order valence-corrected chi connectivity index (χ1v) is 6.46. The van der Waals surface area contributed by atoms with E-state index in [1.807, 2.05) is 6.92 Å². The third kappa shape index (κ3) is 3.19. The molecule has 1 fully saturated rings. The molecule has 4 heteroatoms. The Labute approximate surface area is 107 Å². The zero-order valence-corrected chi connectivity index (χ0v) is 10.9. The molecule has 2 nitrogen and oxygen atoms in total. The quantitative estimate of drug-likeness (QED) is 0.891. The van der Waals surface area contributed by atoms with Crippen molar-refractivity contribution in [1.29, 1.82) is 0 Å². The molecule has 0 aliphatic carbocycles. The van der Waals surface area contributed by atoms with Crippen LogP contribution in [0.3, 0.4) is 0 Å². The number of benzene rings is 1. The molecule has 0 aromatic heterocycles. The van der Waals surface area contributed by atoms with Gasteiger partial charge in [0.05, 0.1) is 5.69 Å². The lowest BCUT2D eigenvalue weighted by Gasteiger charge is -2.34. The molecule has 1 aromatic carbocycles. The van der Waals surface area contributed by atoms with E-state index in [2.05, 4.69) is 17.3 Å². The fraction of sp³-hybridized carbons (Fsp3) is 0.571. The Balaban J connectivity index is 2.01. The van der Waals surface area contributed by atoms with Crippen molar-refractivity contribution < 1.29 is 8.78 Å².